The minimum Gasteiger partial charge on any atom is -0.0995 e. The van der Waals surface area contributed by atoms with Crippen LogP contribution in [0, 0.1) is 0 Å². The molecule has 0 bridgehead atoms. The molecule has 0 fully saturated rings. The van der Waals surface area contributed by atoms with Crippen LogP contribution < -0.4 is 0 Å². The van der Waals surface area contributed by atoms with Crippen molar-refractivity contribution in [2.24, 2.45) is 0 Å². The Labute approximate surface area is 96.1 Å². The molecule has 0 aromatic rings. The molecule has 0 aromatic carbocycles. The van der Waals surface area contributed by atoms with E-state index in [-0.39, 0.29) is 0 Å². The summed E-state index contributed by atoms with van der Waals surface area (Å²) in [6, 6.07) is 0. The van der Waals surface area contributed by atoms with E-state index in [1.807, 2.05) is 39.0 Å². The third-order valence-electron chi connectivity index (χ3n) is 1.82. The third-order valence-corrected chi connectivity index (χ3v) is 1.82. The molecule has 0 N–H and O–H groups in total. The van der Waals surface area contributed by atoms with Gasteiger partial charge in [0.15, 0.2) is 0 Å². The van der Waals surface area contributed by atoms with E-state index in [4.69, 9.17) is 0 Å². The summed E-state index contributed by atoms with van der Waals surface area (Å²) in [5.41, 5.74) is 2.54. The Bertz CT molecular complexity index is 216. The lowest BCUT2D eigenvalue weighted by molar-refractivity contribution is 0.876. The van der Waals surface area contributed by atoms with Crippen molar-refractivity contribution in [3.05, 3.63) is 48.6 Å². The molecule has 0 unspecified atom stereocenters. The number of hydrogen-bond donors (Lipinski definition) is 0. The van der Waals surface area contributed by atoms with Crippen LogP contribution in [0.2, 0.25) is 0 Å². The lowest BCUT2D eigenvalue weighted by atomic mass is 10.0. The predicted octanol–water partition coefficient (Wildman–Crippen LogP) is 5.45. The van der Waals surface area contributed by atoms with E-state index in [2.05, 4.69) is 26.2 Å². The van der Waals surface area contributed by atoms with Crippen LogP contribution in [0.3, 0.4) is 0 Å². The first kappa shape index (κ1) is 16.4. The molecular weight excluding hydrogens is 180 g/mol. The van der Waals surface area contributed by atoms with Gasteiger partial charge in [-0.2, -0.15) is 0 Å². The van der Waals surface area contributed by atoms with Crippen LogP contribution in [0.15, 0.2) is 48.6 Å². The minimum absolute atomic E-state index is 0.960. The normalized spacial score (nSPS) is 10.8. The smallest absolute Gasteiger partial charge is 0.00700 e. The second-order valence-electron chi connectivity index (χ2n) is 3.15. The van der Waals surface area contributed by atoms with Gasteiger partial charge in [0.2, 0.25) is 0 Å². The maximum atomic E-state index is 4.03. The van der Waals surface area contributed by atoms with E-state index in [1.165, 1.54) is 17.6 Å². The summed E-state index contributed by atoms with van der Waals surface area (Å²) in [6.07, 6.45) is 11.3. The van der Waals surface area contributed by atoms with Gasteiger partial charge in [0.05, 0.1) is 0 Å². The molecule has 0 saturated heterocycles. The molecule has 0 nitrogen and oxygen atoms in total. The monoisotopic (exact) mass is 206 g/mol. The Morgan fingerprint density at radius 3 is 2.27 bits per heavy atom. The summed E-state index contributed by atoms with van der Waals surface area (Å²) in [7, 11) is 0. The van der Waals surface area contributed by atoms with Gasteiger partial charge in [-0.05, 0) is 25.3 Å². The zero-order valence-corrected chi connectivity index (χ0v) is 10.8. The molecule has 0 aromatic heterocycles. The Balaban J connectivity index is 0. The van der Waals surface area contributed by atoms with Crippen molar-refractivity contribution < 1.29 is 0 Å². The highest BCUT2D eigenvalue weighted by Crippen LogP contribution is 2.14. The van der Waals surface area contributed by atoms with Crippen molar-refractivity contribution in [1.82, 2.24) is 0 Å². The topological polar surface area (TPSA) is 0 Å². The van der Waals surface area contributed by atoms with Crippen LogP contribution in [0.1, 0.15) is 47.0 Å². The first-order valence-electron chi connectivity index (χ1n) is 5.85. The highest BCUT2D eigenvalue weighted by atomic mass is 14.0. The second-order valence-corrected chi connectivity index (χ2v) is 3.15. The van der Waals surface area contributed by atoms with E-state index in [0.717, 1.165) is 12.8 Å². The predicted molar refractivity (Wildman–Crippen MR) is 73.1 cm³/mol. The van der Waals surface area contributed by atoms with Gasteiger partial charge in [0.1, 0.15) is 0 Å². The van der Waals surface area contributed by atoms with Gasteiger partial charge in [0, 0.05) is 0 Å². The molecule has 0 radical (unpaired) electrons. The summed E-state index contributed by atoms with van der Waals surface area (Å²) >= 11 is 0. The Morgan fingerprint density at radius 2 is 1.87 bits per heavy atom. The molecule has 15 heavy (non-hydrogen) atoms. The van der Waals surface area contributed by atoms with Gasteiger partial charge in [-0.25, -0.2) is 0 Å². The molecule has 86 valence electrons. The lowest BCUT2D eigenvalue weighted by Crippen LogP contribution is -1.83. The number of allylic oxidation sites excluding steroid dienone is 6. The standard InChI is InChI=1S/C13H20.C2H6/c1-5-8-10-13(7-3)11-12(4)9-6-2;1-2/h5,7-8,10H,3-4,6,9,11H2,1-2H3;1-2H3/b8-5+,13-10+;. The van der Waals surface area contributed by atoms with Crippen LogP contribution in [-0.4, -0.2) is 0 Å². The average molecular weight is 206 g/mol. The largest absolute Gasteiger partial charge is 0.0995 e. The molecule has 0 aliphatic rings. The van der Waals surface area contributed by atoms with Crippen molar-refractivity contribution in [2.75, 3.05) is 0 Å². The van der Waals surface area contributed by atoms with Crippen LogP contribution in [0.4, 0.5) is 0 Å². The van der Waals surface area contributed by atoms with Gasteiger partial charge in [0.25, 0.3) is 0 Å². The van der Waals surface area contributed by atoms with Crippen molar-refractivity contribution in [3.8, 4) is 0 Å². The summed E-state index contributed by atoms with van der Waals surface area (Å²) in [6.45, 7) is 16.0. The second kappa shape index (κ2) is 13.0. The summed E-state index contributed by atoms with van der Waals surface area (Å²) in [5.74, 6) is 0. The van der Waals surface area contributed by atoms with Gasteiger partial charge in [-0.1, -0.05) is 70.2 Å². The molecule has 0 aliphatic carbocycles. The van der Waals surface area contributed by atoms with E-state index in [9.17, 15) is 0 Å². The average Bonchev–Trinajstić information content (AvgIpc) is 2.27. The fraction of sp³-hybridized carbons (Fsp3) is 0.467. The molecule has 0 spiro atoms. The zero-order valence-electron chi connectivity index (χ0n) is 10.8. The molecule has 0 heteroatoms. The molecule has 0 saturated carbocycles. The van der Waals surface area contributed by atoms with Crippen molar-refractivity contribution in [3.63, 3.8) is 0 Å². The van der Waals surface area contributed by atoms with Crippen molar-refractivity contribution in [1.29, 1.82) is 0 Å². The summed E-state index contributed by atoms with van der Waals surface area (Å²) in [5, 5.41) is 0. The van der Waals surface area contributed by atoms with Gasteiger partial charge >= 0.3 is 0 Å². The third kappa shape index (κ3) is 10.9. The number of hydrogen-bond acceptors (Lipinski definition) is 0. The van der Waals surface area contributed by atoms with Gasteiger partial charge < -0.3 is 0 Å². The highest BCUT2D eigenvalue weighted by molar-refractivity contribution is 5.26. The summed E-state index contributed by atoms with van der Waals surface area (Å²) in [4.78, 5) is 0. The maximum Gasteiger partial charge on any atom is -0.00700 e. The van der Waals surface area contributed by atoms with E-state index in [1.54, 1.807) is 0 Å². The van der Waals surface area contributed by atoms with Gasteiger partial charge in [-0.3, -0.25) is 0 Å². The quantitative estimate of drug-likeness (QED) is 0.400. The van der Waals surface area contributed by atoms with Crippen molar-refractivity contribution in [2.45, 2.75) is 47.0 Å². The summed E-state index contributed by atoms with van der Waals surface area (Å²) < 4.78 is 0. The van der Waals surface area contributed by atoms with Gasteiger partial charge in [-0.15, -0.1) is 0 Å². The van der Waals surface area contributed by atoms with Crippen LogP contribution in [-0.2, 0) is 0 Å². The Kier molecular flexibility index (Phi) is 14.2. The first-order valence-corrected chi connectivity index (χ1v) is 5.85. The fourth-order valence-electron chi connectivity index (χ4n) is 1.15. The van der Waals surface area contributed by atoms with E-state index in [0.29, 0.717) is 0 Å². The fourth-order valence-corrected chi connectivity index (χ4v) is 1.15. The lowest BCUT2D eigenvalue weighted by Gasteiger charge is -2.03. The highest BCUT2D eigenvalue weighted by Gasteiger charge is 1.95. The Morgan fingerprint density at radius 1 is 1.27 bits per heavy atom. The van der Waals surface area contributed by atoms with Crippen LogP contribution in [0.25, 0.3) is 0 Å². The minimum atomic E-state index is 0.960. The Hall–Kier alpha value is -1.04. The maximum absolute atomic E-state index is 4.03. The molecular formula is C15H26. The molecule has 0 amide bonds. The molecule has 0 rings (SSSR count). The first-order chi connectivity index (χ1) is 7.24. The molecule has 0 aliphatic heterocycles. The van der Waals surface area contributed by atoms with Crippen LogP contribution in [0.5, 0.6) is 0 Å². The zero-order chi connectivity index (χ0) is 12.1. The van der Waals surface area contributed by atoms with E-state index >= 15 is 0 Å². The SMILES string of the molecule is C=C/C(=C\C=C\C)CC(=C)CCC.CC. The number of rotatable bonds is 6. The molecule has 0 heterocycles. The van der Waals surface area contributed by atoms with E-state index < -0.39 is 0 Å². The van der Waals surface area contributed by atoms with Crippen molar-refractivity contribution >= 4 is 0 Å². The van der Waals surface area contributed by atoms with Crippen LogP contribution >= 0.6 is 0 Å². The molecule has 0 atom stereocenters.